The number of hydrogen-bond acceptors (Lipinski definition) is 2. The van der Waals surface area contributed by atoms with E-state index in [1.807, 2.05) is 30.3 Å². The van der Waals surface area contributed by atoms with Gasteiger partial charge in [0.15, 0.2) is 0 Å². The summed E-state index contributed by atoms with van der Waals surface area (Å²) in [6, 6.07) is 17.7. The number of nitrogens with zero attached hydrogens (tertiary/aromatic N) is 1. The van der Waals surface area contributed by atoms with Crippen molar-refractivity contribution in [3.8, 4) is 6.07 Å². The largest absolute Gasteiger partial charge is 0.387 e. The zero-order chi connectivity index (χ0) is 14.9. The van der Waals surface area contributed by atoms with Crippen LogP contribution >= 0.6 is 11.6 Å². The van der Waals surface area contributed by atoms with E-state index < -0.39 is 11.5 Å². The van der Waals surface area contributed by atoms with Gasteiger partial charge < -0.3 is 5.11 Å². The highest BCUT2D eigenvalue weighted by Gasteiger charge is 2.41. The predicted molar refractivity (Wildman–Crippen MR) is 82.9 cm³/mol. The van der Waals surface area contributed by atoms with Gasteiger partial charge >= 0.3 is 0 Å². The zero-order valence-corrected chi connectivity index (χ0v) is 12.3. The fraction of sp³-hybridized carbons (Fsp3) is 0.278. The van der Waals surface area contributed by atoms with Gasteiger partial charge in [0.1, 0.15) is 0 Å². The monoisotopic (exact) mass is 297 g/mol. The Morgan fingerprint density at radius 3 is 2.62 bits per heavy atom. The molecule has 0 heterocycles. The van der Waals surface area contributed by atoms with Crippen LogP contribution in [0.25, 0.3) is 0 Å². The molecule has 1 N–H and O–H groups in total. The molecule has 2 atom stereocenters. The maximum absolute atomic E-state index is 10.8. The highest BCUT2D eigenvalue weighted by molar-refractivity contribution is 6.30. The molecule has 0 aromatic heterocycles. The summed E-state index contributed by atoms with van der Waals surface area (Å²) >= 11 is 6.00. The maximum atomic E-state index is 10.8. The molecule has 0 radical (unpaired) electrons. The van der Waals surface area contributed by atoms with Crippen LogP contribution in [0, 0.1) is 16.7 Å². The zero-order valence-electron chi connectivity index (χ0n) is 11.6. The van der Waals surface area contributed by atoms with Gasteiger partial charge in [0, 0.05) is 5.02 Å². The summed E-state index contributed by atoms with van der Waals surface area (Å²) in [6.07, 6.45) is 1.23. The summed E-state index contributed by atoms with van der Waals surface area (Å²) < 4.78 is 0. The van der Waals surface area contributed by atoms with Gasteiger partial charge in [0.05, 0.1) is 17.6 Å². The quantitative estimate of drug-likeness (QED) is 0.908. The first kappa shape index (κ1) is 14.1. The second-order valence-corrected chi connectivity index (χ2v) is 6.11. The lowest BCUT2D eigenvalue weighted by molar-refractivity contribution is 0.0526. The van der Waals surface area contributed by atoms with E-state index in [0.29, 0.717) is 23.4 Å². The van der Waals surface area contributed by atoms with Crippen LogP contribution in [0.5, 0.6) is 0 Å². The second-order valence-electron chi connectivity index (χ2n) is 5.67. The van der Waals surface area contributed by atoms with E-state index in [1.54, 1.807) is 12.1 Å². The number of hydrogen-bond donors (Lipinski definition) is 1. The van der Waals surface area contributed by atoms with Crippen LogP contribution in [0.15, 0.2) is 48.5 Å². The molecule has 106 valence electrons. The van der Waals surface area contributed by atoms with E-state index in [-0.39, 0.29) is 0 Å². The molecule has 1 aliphatic carbocycles. The molecule has 0 amide bonds. The lowest BCUT2D eigenvalue weighted by atomic mass is 9.67. The number of aryl methyl sites for hydroxylation is 1. The summed E-state index contributed by atoms with van der Waals surface area (Å²) in [7, 11) is 0. The van der Waals surface area contributed by atoms with Crippen molar-refractivity contribution in [2.24, 2.45) is 5.41 Å². The summed E-state index contributed by atoms with van der Waals surface area (Å²) in [5.41, 5.74) is 2.37. The van der Waals surface area contributed by atoms with E-state index in [9.17, 15) is 10.4 Å². The Kier molecular flexibility index (Phi) is 3.71. The van der Waals surface area contributed by atoms with Crippen LogP contribution in [0.2, 0.25) is 5.02 Å². The molecule has 0 bridgehead atoms. The minimum Gasteiger partial charge on any atom is -0.387 e. The molecule has 2 nitrogen and oxygen atoms in total. The number of fused-ring (bicyclic) bond motifs is 1. The molecule has 2 aromatic rings. The van der Waals surface area contributed by atoms with Crippen molar-refractivity contribution < 1.29 is 5.11 Å². The van der Waals surface area contributed by atoms with Gasteiger partial charge in [-0.25, -0.2) is 0 Å². The molecular formula is C18H16ClNO. The Balaban J connectivity index is 1.97. The molecule has 3 heteroatoms. The minimum absolute atomic E-state index is 0.577. The number of aliphatic hydroxyl groups excluding tert-OH is 1. The fourth-order valence-corrected chi connectivity index (χ4v) is 3.34. The van der Waals surface area contributed by atoms with Gasteiger partial charge in [-0.05, 0) is 48.1 Å². The lowest BCUT2D eigenvalue weighted by Crippen LogP contribution is -2.34. The average Bonchev–Trinajstić information content (AvgIpc) is 2.53. The Morgan fingerprint density at radius 2 is 1.90 bits per heavy atom. The maximum Gasteiger partial charge on any atom is 0.0980 e. The molecule has 21 heavy (non-hydrogen) atoms. The first-order valence-electron chi connectivity index (χ1n) is 7.06. The topological polar surface area (TPSA) is 44.0 Å². The molecular weight excluding hydrogens is 282 g/mol. The summed E-state index contributed by atoms with van der Waals surface area (Å²) in [5.74, 6) is 0. The highest BCUT2D eigenvalue weighted by Crippen LogP contribution is 2.44. The van der Waals surface area contributed by atoms with Crippen molar-refractivity contribution in [1.82, 2.24) is 0 Å². The van der Waals surface area contributed by atoms with Crippen molar-refractivity contribution in [2.45, 2.75) is 25.4 Å². The third-order valence-electron chi connectivity index (χ3n) is 4.38. The molecule has 1 aliphatic rings. The van der Waals surface area contributed by atoms with E-state index >= 15 is 0 Å². The predicted octanol–water partition coefficient (Wildman–Crippen LogP) is 4.07. The number of halogens is 1. The summed E-state index contributed by atoms with van der Waals surface area (Å²) in [4.78, 5) is 0. The molecule has 2 aromatic carbocycles. The molecule has 0 spiro atoms. The SMILES string of the molecule is N#CC1(C(O)c2cccc(Cl)c2)CCc2ccccc2C1. The fourth-order valence-electron chi connectivity index (χ4n) is 3.15. The molecule has 0 fully saturated rings. The van der Waals surface area contributed by atoms with Gasteiger partial charge in [-0.1, -0.05) is 48.0 Å². The Morgan fingerprint density at radius 1 is 1.14 bits per heavy atom. The first-order valence-corrected chi connectivity index (χ1v) is 7.44. The van der Waals surface area contributed by atoms with Gasteiger partial charge in [-0.3, -0.25) is 0 Å². The third-order valence-corrected chi connectivity index (χ3v) is 4.61. The normalized spacial score (nSPS) is 22.1. The highest BCUT2D eigenvalue weighted by atomic mass is 35.5. The number of aliphatic hydroxyl groups is 1. The van der Waals surface area contributed by atoms with E-state index in [0.717, 1.165) is 12.0 Å². The second kappa shape index (κ2) is 5.52. The van der Waals surface area contributed by atoms with Crippen molar-refractivity contribution in [1.29, 1.82) is 5.26 Å². The Hall–Kier alpha value is -1.82. The molecule has 0 saturated heterocycles. The third kappa shape index (κ3) is 2.55. The van der Waals surface area contributed by atoms with E-state index in [2.05, 4.69) is 12.1 Å². The van der Waals surface area contributed by atoms with Crippen molar-refractivity contribution in [3.63, 3.8) is 0 Å². The van der Waals surface area contributed by atoms with Crippen molar-refractivity contribution in [3.05, 3.63) is 70.2 Å². The van der Waals surface area contributed by atoms with Crippen molar-refractivity contribution >= 4 is 11.6 Å². The molecule has 0 aliphatic heterocycles. The Labute approximate surface area is 129 Å². The van der Waals surface area contributed by atoms with Crippen molar-refractivity contribution in [2.75, 3.05) is 0 Å². The molecule has 3 rings (SSSR count). The van der Waals surface area contributed by atoms with Gasteiger partial charge in [0.2, 0.25) is 0 Å². The van der Waals surface area contributed by atoms with E-state index in [1.165, 1.54) is 5.56 Å². The molecule has 2 unspecified atom stereocenters. The van der Waals surface area contributed by atoms with Crippen LogP contribution in [0.4, 0.5) is 0 Å². The minimum atomic E-state index is -0.824. The van der Waals surface area contributed by atoms with Crippen LogP contribution in [-0.4, -0.2) is 5.11 Å². The molecule has 0 saturated carbocycles. The van der Waals surface area contributed by atoms with Crippen LogP contribution in [0.3, 0.4) is 0 Å². The van der Waals surface area contributed by atoms with Crippen LogP contribution in [0.1, 0.15) is 29.2 Å². The number of rotatable bonds is 2. The van der Waals surface area contributed by atoms with Gasteiger partial charge in [0.25, 0.3) is 0 Å². The summed E-state index contributed by atoms with van der Waals surface area (Å²) in [6.45, 7) is 0. The van der Waals surface area contributed by atoms with Crippen LogP contribution < -0.4 is 0 Å². The first-order chi connectivity index (χ1) is 10.1. The number of nitriles is 1. The number of benzene rings is 2. The van der Waals surface area contributed by atoms with Gasteiger partial charge in [-0.2, -0.15) is 5.26 Å². The lowest BCUT2D eigenvalue weighted by Gasteiger charge is -2.36. The summed E-state index contributed by atoms with van der Waals surface area (Å²) in [5, 5.41) is 21.1. The average molecular weight is 298 g/mol. The van der Waals surface area contributed by atoms with E-state index in [4.69, 9.17) is 11.6 Å². The Bertz CT molecular complexity index is 706. The van der Waals surface area contributed by atoms with Gasteiger partial charge in [-0.15, -0.1) is 0 Å². The smallest absolute Gasteiger partial charge is 0.0980 e. The standard InChI is InChI=1S/C18H16ClNO/c19-16-7-3-6-14(10-16)17(21)18(12-20)9-8-13-4-1-2-5-15(13)11-18/h1-7,10,17,21H,8-9,11H2. The van der Waals surface area contributed by atoms with Crippen LogP contribution in [-0.2, 0) is 12.8 Å².